The maximum Gasteiger partial charge on any atom is 0.322 e. The summed E-state index contributed by atoms with van der Waals surface area (Å²) < 4.78 is 9.35. The van der Waals surface area contributed by atoms with E-state index in [4.69, 9.17) is 22.1 Å². The number of esters is 2. The fourth-order valence-corrected chi connectivity index (χ4v) is 1.43. The largest absolute Gasteiger partial charge is 0.465 e. The number of ether oxygens (including phenoxy) is 2. The topological polar surface area (TPSA) is 78.6 Å². The molecule has 5 nitrogen and oxygen atoms in total. The van der Waals surface area contributed by atoms with Crippen molar-refractivity contribution < 1.29 is 19.1 Å². The molecule has 17 heavy (non-hydrogen) atoms. The van der Waals surface area contributed by atoms with Gasteiger partial charge >= 0.3 is 11.9 Å². The Balaban J connectivity index is 3.45. The first-order valence-corrected chi connectivity index (χ1v) is 6.29. The van der Waals surface area contributed by atoms with Gasteiger partial charge < -0.3 is 15.2 Å². The number of rotatable bonds is 9. The van der Waals surface area contributed by atoms with Crippen molar-refractivity contribution in [3.63, 3.8) is 0 Å². The fourth-order valence-electron chi connectivity index (χ4n) is 1.31. The molecule has 6 heteroatoms. The highest BCUT2D eigenvalue weighted by Crippen LogP contribution is 2.06. The molecule has 0 saturated carbocycles. The van der Waals surface area contributed by atoms with Crippen LogP contribution in [0.25, 0.3) is 0 Å². The maximum absolute atomic E-state index is 11.2. The molecule has 0 spiro atoms. The third-order valence-electron chi connectivity index (χ3n) is 2.20. The van der Waals surface area contributed by atoms with Gasteiger partial charge in [-0.1, -0.05) is 24.4 Å². The van der Waals surface area contributed by atoms with Crippen LogP contribution in [0.15, 0.2) is 0 Å². The Kier molecular flexibility index (Phi) is 9.86. The minimum atomic E-state index is -0.565. The first-order chi connectivity index (χ1) is 8.11. The van der Waals surface area contributed by atoms with E-state index in [1.54, 1.807) is 6.92 Å². The number of carbonyl (C=O) groups is 2. The first kappa shape index (κ1) is 16.2. The molecule has 1 unspecified atom stereocenters. The zero-order valence-corrected chi connectivity index (χ0v) is 10.9. The van der Waals surface area contributed by atoms with E-state index in [1.165, 1.54) is 0 Å². The predicted octanol–water partition coefficient (Wildman–Crippen LogP) is 1.57. The van der Waals surface area contributed by atoms with Crippen molar-refractivity contribution in [1.82, 2.24) is 0 Å². The van der Waals surface area contributed by atoms with Crippen LogP contribution in [-0.4, -0.2) is 30.7 Å². The van der Waals surface area contributed by atoms with Gasteiger partial charge in [0.2, 0.25) is 0 Å². The summed E-state index contributed by atoms with van der Waals surface area (Å²) in [7, 11) is 0. The molecule has 0 radical (unpaired) electrons. The molecule has 1 atom stereocenters. The highest BCUT2D eigenvalue weighted by atomic mass is 35.5. The van der Waals surface area contributed by atoms with Crippen LogP contribution in [0.1, 0.15) is 39.0 Å². The molecule has 0 aliphatic heterocycles. The van der Waals surface area contributed by atoms with E-state index >= 15 is 0 Å². The van der Waals surface area contributed by atoms with Gasteiger partial charge in [-0.05, 0) is 19.8 Å². The Labute approximate surface area is 107 Å². The lowest BCUT2D eigenvalue weighted by Gasteiger charge is -2.09. The highest BCUT2D eigenvalue weighted by Gasteiger charge is 2.13. The number of carbonyl (C=O) groups excluding carboxylic acids is 2. The number of unbranched alkanes of at least 4 members (excludes halogenated alkanes) is 2. The Morgan fingerprint density at radius 3 is 2.53 bits per heavy atom. The fraction of sp³-hybridized carbons (Fsp3) is 0.818. The van der Waals surface area contributed by atoms with Crippen LogP contribution in [-0.2, 0) is 19.1 Å². The van der Waals surface area contributed by atoms with Crippen molar-refractivity contribution in [2.45, 2.75) is 45.1 Å². The first-order valence-electron chi connectivity index (χ1n) is 5.75. The average molecular weight is 266 g/mol. The molecule has 0 aromatic heterocycles. The third kappa shape index (κ3) is 8.94. The normalized spacial score (nSPS) is 11.9. The van der Waals surface area contributed by atoms with Gasteiger partial charge in [0.15, 0.2) is 6.07 Å². The summed E-state index contributed by atoms with van der Waals surface area (Å²) in [5, 5.41) is 0. The number of hydrogen-bond donors (Lipinski definition) is 1. The zero-order valence-electron chi connectivity index (χ0n) is 10.1. The maximum atomic E-state index is 11.2. The van der Waals surface area contributed by atoms with E-state index in [0.717, 1.165) is 12.8 Å². The van der Waals surface area contributed by atoms with Crippen molar-refractivity contribution in [3.8, 4) is 0 Å². The van der Waals surface area contributed by atoms with Crippen LogP contribution in [0.5, 0.6) is 0 Å². The van der Waals surface area contributed by atoms with Crippen LogP contribution >= 0.6 is 11.6 Å². The van der Waals surface area contributed by atoms with Crippen molar-refractivity contribution in [1.29, 1.82) is 0 Å². The van der Waals surface area contributed by atoms with Gasteiger partial charge in [0.1, 0.15) is 6.04 Å². The molecule has 0 saturated heterocycles. The lowest BCUT2D eigenvalue weighted by Crippen LogP contribution is -2.32. The average Bonchev–Trinajstić information content (AvgIpc) is 2.29. The second-order valence-corrected chi connectivity index (χ2v) is 3.80. The standard InChI is InChI=1S/C11H20ClNO4/c1-2-16-11(15)9(13)6-4-3-5-7-10(14)17-8-12/h9H,2-8,13H2,1H3. The summed E-state index contributed by atoms with van der Waals surface area (Å²) >= 11 is 5.23. The molecule has 0 amide bonds. The number of halogens is 1. The number of alkyl halides is 1. The minimum absolute atomic E-state index is 0.105. The molecule has 0 fully saturated rings. The molecule has 2 N–H and O–H groups in total. The van der Waals surface area contributed by atoms with Gasteiger partial charge in [-0.3, -0.25) is 9.59 Å². The molecular weight excluding hydrogens is 246 g/mol. The molecule has 0 heterocycles. The SMILES string of the molecule is CCOC(=O)C(N)CCCCCC(=O)OCCl. The van der Waals surface area contributed by atoms with Gasteiger partial charge in [0, 0.05) is 6.42 Å². The monoisotopic (exact) mass is 265 g/mol. The molecule has 100 valence electrons. The molecule has 0 aliphatic carbocycles. The van der Waals surface area contributed by atoms with E-state index in [1.807, 2.05) is 0 Å². The summed E-state index contributed by atoms with van der Waals surface area (Å²) in [5.41, 5.74) is 5.61. The summed E-state index contributed by atoms with van der Waals surface area (Å²) in [6.45, 7) is 2.09. The number of nitrogens with two attached hydrogens (primary N) is 1. The van der Waals surface area contributed by atoms with Crippen LogP contribution in [0.4, 0.5) is 0 Å². The van der Waals surface area contributed by atoms with Crippen LogP contribution < -0.4 is 5.73 Å². The Morgan fingerprint density at radius 2 is 1.94 bits per heavy atom. The summed E-state index contributed by atoms with van der Waals surface area (Å²) in [6.07, 6.45) is 3.24. The van der Waals surface area contributed by atoms with E-state index in [0.29, 0.717) is 25.9 Å². The summed E-state index contributed by atoms with van der Waals surface area (Å²) in [6, 6.07) is -0.670. The van der Waals surface area contributed by atoms with Crippen molar-refractivity contribution in [2.75, 3.05) is 12.7 Å². The molecule has 0 bridgehead atoms. The lowest BCUT2D eigenvalue weighted by atomic mass is 10.1. The van der Waals surface area contributed by atoms with E-state index < -0.39 is 6.04 Å². The summed E-state index contributed by atoms with van der Waals surface area (Å²) in [4.78, 5) is 22.1. The quantitative estimate of drug-likeness (QED) is 0.389. The van der Waals surface area contributed by atoms with Gasteiger partial charge in [-0.2, -0.15) is 0 Å². The van der Waals surface area contributed by atoms with Gasteiger partial charge in [-0.15, -0.1) is 0 Å². The van der Waals surface area contributed by atoms with E-state index in [-0.39, 0.29) is 18.0 Å². The van der Waals surface area contributed by atoms with Crippen LogP contribution in [0.2, 0.25) is 0 Å². The molecule has 0 aromatic carbocycles. The van der Waals surface area contributed by atoms with Gasteiger partial charge in [-0.25, -0.2) is 0 Å². The molecule has 0 aromatic rings. The van der Waals surface area contributed by atoms with E-state index in [9.17, 15) is 9.59 Å². The highest BCUT2D eigenvalue weighted by molar-refractivity contribution is 6.17. The second-order valence-electron chi connectivity index (χ2n) is 3.58. The smallest absolute Gasteiger partial charge is 0.322 e. The van der Waals surface area contributed by atoms with Crippen molar-refractivity contribution in [2.24, 2.45) is 5.73 Å². The van der Waals surface area contributed by atoms with Crippen LogP contribution in [0, 0.1) is 0 Å². The minimum Gasteiger partial charge on any atom is -0.465 e. The Morgan fingerprint density at radius 1 is 1.24 bits per heavy atom. The predicted molar refractivity (Wildman–Crippen MR) is 64.5 cm³/mol. The zero-order chi connectivity index (χ0) is 13.1. The third-order valence-corrected chi connectivity index (χ3v) is 2.31. The van der Waals surface area contributed by atoms with Gasteiger partial charge in [0.25, 0.3) is 0 Å². The second kappa shape index (κ2) is 10.4. The van der Waals surface area contributed by atoms with Gasteiger partial charge in [0.05, 0.1) is 6.61 Å². The van der Waals surface area contributed by atoms with E-state index in [2.05, 4.69) is 4.74 Å². The van der Waals surface area contributed by atoms with Crippen molar-refractivity contribution >= 4 is 23.5 Å². The summed E-state index contributed by atoms with van der Waals surface area (Å²) in [5.74, 6) is -0.663. The van der Waals surface area contributed by atoms with Crippen molar-refractivity contribution in [3.05, 3.63) is 0 Å². The Bertz CT molecular complexity index is 236. The lowest BCUT2D eigenvalue weighted by molar-refractivity contribution is -0.145. The number of hydrogen-bond acceptors (Lipinski definition) is 5. The Hall–Kier alpha value is -0.810. The molecule has 0 aliphatic rings. The molecule has 0 rings (SSSR count). The van der Waals surface area contributed by atoms with Crippen LogP contribution in [0.3, 0.4) is 0 Å². The molecular formula is C11H20ClNO4.